The number of methoxy groups -OCH3 is 1. The van der Waals surface area contributed by atoms with Crippen molar-refractivity contribution < 1.29 is 38.0 Å². The Kier molecular flexibility index (Phi) is 12.5. The van der Waals surface area contributed by atoms with E-state index < -0.39 is 18.0 Å². The molecule has 0 fully saturated rings. The minimum atomic E-state index is -0.914. The van der Waals surface area contributed by atoms with Gasteiger partial charge in [-0.3, -0.25) is 9.36 Å². The van der Waals surface area contributed by atoms with Crippen LogP contribution in [0.25, 0.3) is 6.08 Å². The predicted octanol–water partition coefficient (Wildman–Crippen LogP) is 6.03. The minimum Gasteiger partial charge on any atom is -0.490 e. The van der Waals surface area contributed by atoms with Crippen LogP contribution < -0.4 is 33.8 Å². The van der Waals surface area contributed by atoms with E-state index in [1.165, 1.54) is 11.7 Å². The lowest BCUT2D eigenvalue weighted by atomic mass is 9.95. The average molecular weight is 756 g/mol. The van der Waals surface area contributed by atoms with Crippen LogP contribution in [0, 0.1) is 0 Å². The number of allylic oxidation sites excluding steroid dienone is 1. The van der Waals surface area contributed by atoms with Gasteiger partial charge >= 0.3 is 11.9 Å². The Bertz CT molecular complexity index is 2140. The van der Waals surface area contributed by atoms with E-state index in [2.05, 4.69) is 9.73 Å². The second-order valence-corrected chi connectivity index (χ2v) is 12.8. The summed E-state index contributed by atoms with van der Waals surface area (Å²) >= 11 is 13.9. The Labute approximate surface area is 308 Å². The third-order valence-electron chi connectivity index (χ3n) is 7.60. The summed E-state index contributed by atoms with van der Waals surface area (Å²) in [4.78, 5) is 44.5. The molecule has 3 aromatic carbocycles. The molecule has 51 heavy (non-hydrogen) atoms. The number of aromatic nitrogens is 1. The van der Waals surface area contributed by atoms with E-state index in [1.807, 2.05) is 19.1 Å². The number of halogens is 2. The molecular formula is C37H36Cl2N2O9S. The molecule has 11 nitrogen and oxygen atoms in total. The van der Waals surface area contributed by atoms with E-state index in [0.717, 1.165) is 16.9 Å². The second-order valence-electron chi connectivity index (χ2n) is 11.0. The first-order valence-electron chi connectivity index (χ1n) is 16.1. The highest BCUT2D eigenvalue weighted by molar-refractivity contribution is 7.07. The lowest BCUT2D eigenvalue weighted by Crippen LogP contribution is -2.40. The number of benzene rings is 3. The SMILES string of the molecule is CCOC(=O)C1=C(C)N=c2s/c(=C\c3cc(Cl)c(OCc4ccc(Cl)cc4)c(OCC)c3)c(=O)n2[C@@H]1c1ccc(OCC(=O)OC)c(OCC)c1. The van der Waals surface area contributed by atoms with E-state index in [0.29, 0.717) is 65.8 Å². The number of esters is 2. The lowest BCUT2D eigenvalue weighted by Gasteiger charge is -2.25. The summed E-state index contributed by atoms with van der Waals surface area (Å²) < 4.78 is 35.3. The molecule has 0 spiro atoms. The molecule has 0 N–H and O–H groups in total. The molecule has 1 aromatic heterocycles. The van der Waals surface area contributed by atoms with E-state index in [1.54, 1.807) is 69.3 Å². The third kappa shape index (κ3) is 8.58. The largest absolute Gasteiger partial charge is 0.490 e. The van der Waals surface area contributed by atoms with Crippen molar-refractivity contribution >= 4 is 52.6 Å². The topological polar surface area (TPSA) is 124 Å². The maximum atomic E-state index is 14.3. The fraction of sp³-hybridized carbons (Fsp3) is 0.297. The summed E-state index contributed by atoms with van der Waals surface area (Å²) in [6.07, 6.45) is 1.69. The molecule has 2 heterocycles. The van der Waals surface area contributed by atoms with Crippen LogP contribution in [0.2, 0.25) is 10.0 Å². The van der Waals surface area contributed by atoms with Crippen LogP contribution in [0.15, 0.2) is 75.7 Å². The van der Waals surface area contributed by atoms with Gasteiger partial charge in [0.15, 0.2) is 34.4 Å². The molecule has 0 saturated carbocycles. The number of ether oxygens (including phenoxy) is 6. The average Bonchev–Trinajstić information content (AvgIpc) is 3.41. The summed E-state index contributed by atoms with van der Waals surface area (Å²) in [5.41, 5.74) is 2.24. The predicted molar refractivity (Wildman–Crippen MR) is 194 cm³/mol. The molecule has 0 aliphatic carbocycles. The Morgan fingerprint density at radius 1 is 0.902 bits per heavy atom. The fourth-order valence-electron chi connectivity index (χ4n) is 5.35. The lowest BCUT2D eigenvalue weighted by molar-refractivity contribution is -0.143. The standard InChI is InChI=1S/C37H36Cl2N2O9S/c1-6-46-28-18-24(11-14-27(28)49-20-31(42)45-5)33-32(36(44)48-8-3)21(4)40-37-41(33)35(43)30(51-37)17-23-15-26(39)34(29(16-23)47-7-2)50-19-22-9-12-25(38)13-10-22/h9-18,33H,6-8,19-20H2,1-5H3/b30-17-/t33-/m1/s1. The Balaban J connectivity index is 1.59. The number of fused-ring (bicyclic) bond motifs is 1. The molecule has 0 unspecified atom stereocenters. The first kappa shape index (κ1) is 37.5. The molecule has 4 aromatic rings. The number of thiazole rings is 1. The zero-order chi connectivity index (χ0) is 36.7. The summed E-state index contributed by atoms with van der Waals surface area (Å²) in [5.74, 6) is 0.214. The van der Waals surface area contributed by atoms with Gasteiger partial charge in [0.05, 0.1) is 53.8 Å². The van der Waals surface area contributed by atoms with Gasteiger partial charge in [-0.05, 0) is 86.9 Å². The number of rotatable bonds is 14. The van der Waals surface area contributed by atoms with E-state index in [4.69, 9.17) is 46.9 Å². The van der Waals surface area contributed by atoms with Gasteiger partial charge in [-0.2, -0.15) is 0 Å². The minimum absolute atomic E-state index is 0.125. The monoisotopic (exact) mass is 754 g/mol. The zero-order valence-electron chi connectivity index (χ0n) is 28.6. The number of carbonyl (C=O) groups excluding carboxylic acids is 2. The van der Waals surface area contributed by atoms with Crippen LogP contribution in [0.1, 0.15) is 50.4 Å². The summed E-state index contributed by atoms with van der Waals surface area (Å²) in [6, 6.07) is 14.8. The summed E-state index contributed by atoms with van der Waals surface area (Å²) in [7, 11) is 1.26. The maximum absolute atomic E-state index is 14.3. The fourth-order valence-corrected chi connectivity index (χ4v) is 6.79. The van der Waals surface area contributed by atoms with Crippen molar-refractivity contribution in [2.75, 3.05) is 33.5 Å². The molecule has 0 saturated heterocycles. The molecular weight excluding hydrogens is 719 g/mol. The smallest absolute Gasteiger partial charge is 0.343 e. The van der Waals surface area contributed by atoms with Crippen molar-refractivity contribution in [1.29, 1.82) is 0 Å². The number of hydrogen-bond acceptors (Lipinski definition) is 11. The molecule has 268 valence electrons. The Hall–Kier alpha value is -4.78. The Morgan fingerprint density at radius 3 is 2.31 bits per heavy atom. The highest BCUT2D eigenvalue weighted by Gasteiger charge is 2.34. The van der Waals surface area contributed by atoms with Crippen molar-refractivity contribution in [1.82, 2.24) is 4.57 Å². The Morgan fingerprint density at radius 2 is 1.63 bits per heavy atom. The van der Waals surface area contributed by atoms with Crippen LogP contribution in [-0.4, -0.2) is 50.0 Å². The molecule has 0 radical (unpaired) electrons. The highest BCUT2D eigenvalue weighted by Crippen LogP contribution is 2.38. The van der Waals surface area contributed by atoms with Crippen molar-refractivity contribution in [3.05, 3.63) is 112 Å². The second kappa shape index (κ2) is 17.0. The van der Waals surface area contributed by atoms with Crippen LogP contribution >= 0.6 is 34.5 Å². The number of hydrogen-bond donors (Lipinski definition) is 0. The van der Waals surface area contributed by atoms with Crippen molar-refractivity contribution in [2.45, 2.75) is 40.3 Å². The van der Waals surface area contributed by atoms with E-state index in [9.17, 15) is 14.4 Å². The molecule has 1 aliphatic rings. The third-order valence-corrected chi connectivity index (χ3v) is 9.12. The molecule has 0 bridgehead atoms. The van der Waals surface area contributed by atoms with Gasteiger partial charge in [-0.1, -0.05) is 52.7 Å². The van der Waals surface area contributed by atoms with Crippen molar-refractivity contribution in [3.63, 3.8) is 0 Å². The molecule has 0 amide bonds. The maximum Gasteiger partial charge on any atom is 0.343 e. The summed E-state index contributed by atoms with van der Waals surface area (Å²) in [5, 5.41) is 0.917. The highest BCUT2D eigenvalue weighted by atomic mass is 35.5. The van der Waals surface area contributed by atoms with Gasteiger partial charge in [0.1, 0.15) is 6.61 Å². The van der Waals surface area contributed by atoms with Crippen LogP contribution in [0.3, 0.4) is 0 Å². The van der Waals surface area contributed by atoms with Gasteiger partial charge < -0.3 is 28.4 Å². The molecule has 14 heteroatoms. The number of carbonyl (C=O) groups is 2. The first-order valence-corrected chi connectivity index (χ1v) is 17.6. The van der Waals surface area contributed by atoms with Gasteiger partial charge in [0.2, 0.25) is 0 Å². The molecule has 1 atom stereocenters. The first-order chi connectivity index (χ1) is 24.6. The van der Waals surface area contributed by atoms with Crippen LogP contribution in [0.4, 0.5) is 0 Å². The van der Waals surface area contributed by atoms with Crippen LogP contribution in [-0.2, 0) is 25.7 Å². The molecule has 1 aliphatic heterocycles. The van der Waals surface area contributed by atoms with Crippen LogP contribution in [0.5, 0.6) is 23.0 Å². The normalized spacial score (nSPS) is 14.0. The molecule has 5 rings (SSSR count). The quantitative estimate of drug-likeness (QED) is 0.142. The van der Waals surface area contributed by atoms with E-state index in [-0.39, 0.29) is 37.6 Å². The number of nitrogens with zero attached hydrogens (tertiary/aromatic N) is 2. The van der Waals surface area contributed by atoms with Gasteiger partial charge in [-0.25, -0.2) is 14.6 Å². The van der Waals surface area contributed by atoms with Gasteiger partial charge in [0.25, 0.3) is 5.56 Å². The van der Waals surface area contributed by atoms with Gasteiger partial charge in [-0.15, -0.1) is 0 Å². The summed E-state index contributed by atoms with van der Waals surface area (Å²) in [6.45, 7) is 7.72. The zero-order valence-corrected chi connectivity index (χ0v) is 30.9. The van der Waals surface area contributed by atoms with Crippen molar-refractivity contribution in [2.24, 2.45) is 4.99 Å². The van der Waals surface area contributed by atoms with Gasteiger partial charge in [0, 0.05) is 5.02 Å². The van der Waals surface area contributed by atoms with E-state index >= 15 is 0 Å². The van der Waals surface area contributed by atoms with Crippen molar-refractivity contribution in [3.8, 4) is 23.0 Å².